The van der Waals surface area contributed by atoms with Gasteiger partial charge in [0.15, 0.2) is 0 Å². The van der Waals surface area contributed by atoms with Crippen LogP contribution in [0.25, 0.3) is 0 Å². The number of benzene rings is 1. The van der Waals surface area contributed by atoms with Crippen LogP contribution in [0.15, 0.2) is 24.3 Å². The lowest BCUT2D eigenvalue weighted by atomic mass is 9.99. The van der Waals surface area contributed by atoms with Crippen molar-refractivity contribution in [3.05, 3.63) is 29.8 Å². The lowest BCUT2D eigenvalue weighted by molar-refractivity contribution is 0.211. The first-order valence-electron chi connectivity index (χ1n) is 15.8. The lowest BCUT2D eigenvalue weighted by Crippen LogP contribution is -2.29. The monoisotopic (exact) mass is 530 g/mol. The fraction of sp³-hybridized carbons (Fsp3) is 0.812. The molecule has 0 saturated heterocycles. The fourth-order valence-corrected chi connectivity index (χ4v) is 15.9. The van der Waals surface area contributed by atoms with Crippen LogP contribution in [0.1, 0.15) is 147 Å². The molecule has 4 fully saturated rings. The van der Waals surface area contributed by atoms with Crippen molar-refractivity contribution >= 4 is 20.6 Å². The van der Waals surface area contributed by atoms with E-state index in [1.165, 1.54) is 108 Å². The van der Waals surface area contributed by atoms with Crippen LogP contribution in [-0.4, -0.2) is 22.6 Å². The van der Waals surface area contributed by atoms with Crippen LogP contribution in [0, 0.1) is 0 Å². The average molecular weight is 531 g/mol. The van der Waals surface area contributed by atoms with Crippen LogP contribution in [0.5, 0.6) is 0 Å². The van der Waals surface area contributed by atoms with E-state index in [9.17, 15) is 4.57 Å². The van der Waals surface area contributed by atoms with Crippen molar-refractivity contribution in [2.24, 2.45) is 0 Å². The van der Waals surface area contributed by atoms with Crippen LogP contribution in [-0.2, 0) is 9.09 Å². The van der Waals surface area contributed by atoms with Gasteiger partial charge in [-0.15, -0.1) is 0 Å². The minimum atomic E-state index is -2.70. The van der Waals surface area contributed by atoms with E-state index >= 15 is 0 Å². The van der Waals surface area contributed by atoms with Crippen molar-refractivity contribution in [1.29, 1.82) is 0 Å². The summed E-state index contributed by atoms with van der Waals surface area (Å²) >= 11 is 0. The van der Waals surface area contributed by atoms with Crippen LogP contribution in [0.2, 0.25) is 0 Å². The van der Waals surface area contributed by atoms with Crippen molar-refractivity contribution in [3.63, 3.8) is 0 Å². The van der Waals surface area contributed by atoms with Gasteiger partial charge in [-0.2, -0.15) is 0 Å². The van der Waals surface area contributed by atoms with E-state index in [1.807, 2.05) is 0 Å². The molecule has 0 N–H and O–H groups in total. The van der Waals surface area contributed by atoms with E-state index in [0.717, 1.165) is 37.0 Å². The Labute approximate surface area is 223 Å². The molecule has 0 aromatic heterocycles. The molecule has 0 aliphatic heterocycles. The van der Waals surface area contributed by atoms with Gasteiger partial charge in [0.1, 0.15) is 0 Å². The minimum absolute atomic E-state index is 0.0481. The zero-order chi connectivity index (χ0) is 24.8. The summed E-state index contributed by atoms with van der Waals surface area (Å²) in [6.07, 6.45) is 26.3. The molecule has 1 atom stereocenters. The van der Waals surface area contributed by atoms with Gasteiger partial charge in [-0.25, -0.2) is 0 Å². The predicted molar refractivity (Wildman–Crippen MR) is 158 cm³/mol. The largest absolute Gasteiger partial charge is 0.320 e. The average Bonchev–Trinajstić information content (AvgIpc) is 2.95. The van der Waals surface area contributed by atoms with Crippen molar-refractivity contribution in [3.8, 4) is 0 Å². The molecule has 4 aliphatic rings. The van der Waals surface area contributed by atoms with Crippen LogP contribution >= 0.6 is 15.3 Å². The highest BCUT2D eigenvalue weighted by molar-refractivity contribution is 7.67. The summed E-state index contributed by atoms with van der Waals surface area (Å²) in [5.74, 6) is 0. The Morgan fingerprint density at radius 3 is 1.56 bits per heavy atom. The highest BCUT2D eigenvalue weighted by atomic mass is 31.2. The maximum absolute atomic E-state index is 15.0. The quantitative estimate of drug-likeness (QED) is 0.313. The number of rotatable bonds is 8. The van der Waals surface area contributed by atoms with Gasteiger partial charge >= 0.3 is 0 Å². The number of hydrogen-bond acceptors (Lipinski definition) is 2. The summed E-state index contributed by atoms with van der Waals surface area (Å²) in [5.41, 5.74) is 3.78. The molecular formula is C32H52O2P2. The summed E-state index contributed by atoms with van der Waals surface area (Å²) in [5, 5.41) is 1.62. The van der Waals surface area contributed by atoms with E-state index in [2.05, 4.69) is 31.2 Å². The number of hydrogen-bond donors (Lipinski definition) is 0. The third-order valence-corrected chi connectivity index (χ3v) is 17.4. The molecule has 36 heavy (non-hydrogen) atoms. The van der Waals surface area contributed by atoms with E-state index in [-0.39, 0.29) is 14.0 Å². The molecular weight excluding hydrogens is 478 g/mol. The van der Waals surface area contributed by atoms with Gasteiger partial charge in [-0.1, -0.05) is 109 Å². The molecule has 0 bridgehead atoms. The van der Waals surface area contributed by atoms with E-state index in [4.69, 9.17) is 4.52 Å². The second-order valence-electron chi connectivity index (χ2n) is 12.5. The summed E-state index contributed by atoms with van der Waals surface area (Å²) in [7, 11) is -2.88. The Hall–Kier alpha value is -0.160. The van der Waals surface area contributed by atoms with Crippen molar-refractivity contribution in [2.75, 3.05) is 0 Å². The van der Waals surface area contributed by atoms with Gasteiger partial charge in [-0.3, -0.25) is 4.57 Å². The van der Waals surface area contributed by atoms with Crippen LogP contribution < -0.4 is 5.30 Å². The molecule has 202 valence electrons. The third kappa shape index (κ3) is 6.35. The molecule has 0 radical (unpaired) electrons. The molecule has 2 nitrogen and oxygen atoms in total. The van der Waals surface area contributed by atoms with Crippen molar-refractivity contribution in [2.45, 2.75) is 164 Å². The smallest absolute Gasteiger partial charge is 0.209 e. The Morgan fingerprint density at radius 2 is 1.08 bits per heavy atom. The molecule has 5 rings (SSSR count). The predicted octanol–water partition coefficient (Wildman–Crippen LogP) is 10.5. The second-order valence-corrected chi connectivity index (χ2v) is 18.2. The topological polar surface area (TPSA) is 26.3 Å². The molecule has 0 unspecified atom stereocenters. The Morgan fingerprint density at radius 1 is 0.667 bits per heavy atom. The first-order chi connectivity index (χ1) is 17.7. The molecule has 4 saturated carbocycles. The van der Waals surface area contributed by atoms with Gasteiger partial charge in [0.25, 0.3) is 0 Å². The summed E-state index contributed by atoms with van der Waals surface area (Å²) in [6, 6.07) is 9.33. The van der Waals surface area contributed by atoms with E-state index < -0.39 is 7.37 Å². The zero-order valence-electron chi connectivity index (χ0n) is 23.0. The highest BCUT2D eigenvalue weighted by Gasteiger charge is 2.44. The van der Waals surface area contributed by atoms with Crippen molar-refractivity contribution < 1.29 is 9.09 Å². The van der Waals surface area contributed by atoms with E-state index in [1.54, 1.807) is 5.30 Å². The van der Waals surface area contributed by atoms with Gasteiger partial charge in [-0.05, 0) is 80.5 Å². The summed E-state index contributed by atoms with van der Waals surface area (Å²) in [6.45, 7) is 2.26. The maximum Gasteiger partial charge on any atom is 0.209 e. The molecule has 1 aromatic rings. The van der Waals surface area contributed by atoms with Crippen LogP contribution in [0.4, 0.5) is 0 Å². The highest BCUT2D eigenvalue weighted by Crippen LogP contribution is 2.66. The van der Waals surface area contributed by atoms with Gasteiger partial charge in [0, 0.05) is 11.3 Å². The minimum Gasteiger partial charge on any atom is -0.320 e. The Balaban J connectivity index is 1.44. The fourth-order valence-electron chi connectivity index (χ4n) is 8.13. The zero-order valence-corrected chi connectivity index (χ0v) is 24.8. The summed E-state index contributed by atoms with van der Waals surface area (Å²) in [4.78, 5) is 0. The third-order valence-electron chi connectivity index (χ3n) is 10.1. The Kier molecular flexibility index (Phi) is 10.1. The SMILES string of the molecule is C[C@@H](OP(=O)(C1CCCCC1)C1CCCCC1)c1ccccc1P(C1CCCCC1)C1CCCCC1. The molecule has 4 aliphatic carbocycles. The molecule has 0 amide bonds. The molecule has 4 heteroatoms. The first kappa shape index (κ1) is 27.4. The Bertz CT molecular complexity index is 805. The van der Waals surface area contributed by atoms with Gasteiger partial charge in [0.05, 0.1) is 6.10 Å². The summed E-state index contributed by atoms with van der Waals surface area (Å²) < 4.78 is 22.0. The first-order valence-corrected chi connectivity index (χ1v) is 19.1. The molecule has 0 spiro atoms. The van der Waals surface area contributed by atoms with E-state index in [0.29, 0.717) is 11.3 Å². The second kappa shape index (κ2) is 13.3. The standard InChI is InChI=1S/C32H52O2P2/c1-26(34-36(33,29-20-10-4-11-21-29)30-22-12-5-13-23-30)31-24-14-15-25-32(31)35(27-16-6-2-7-17-27)28-18-8-3-9-19-28/h14-15,24-30H,2-13,16-23H2,1H3/t26-/m1/s1. The normalized spacial score (nSPS) is 25.3. The lowest BCUT2D eigenvalue weighted by Gasteiger charge is -2.41. The molecule has 1 aromatic carbocycles. The van der Waals surface area contributed by atoms with Gasteiger partial charge < -0.3 is 4.52 Å². The van der Waals surface area contributed by atoms with Gasteiger partial charge in [0.2, 0.25) is 7.37 Å². The van der Waals surface area contributed by atoms with Crippen LogP contribution in [0.3, 0.4) is 0 Å². The van der Waals surface area contributed by atoms with Crippen molar-refractivity contribution in [1.82, 2.24) is 0 Å². The maximum atomic E-state index is 15.0. The molecule has 0 heterocycles.